The van der Waals surface area contributed by atoms with Gasteiger partial charge < -0.3 is 15.7 Å². The Bertz CT molecular complexity index is 884. The smallest absolute Gasteiger partial charge is 0.354 e. The number of halogens is 2. The highest BCUT2D eigenvalue weighted by atomic mass is 35.5. The predicted molar refractivity (Wildman–Crippen MR) is 134 cm³/mol. The van der Waals surface area contributed by atoms with E-state index in [0.717, 1.165) is 31.0 Å². The molecule has 2 aromatic rings. The third kappa shape index (κ3) is 7.04. The normalized spacial score (nSPS) is 24.0. The van der Waals surface area contributed by atoms with Crippen molar-refractivity contribution in [2.24, 2.45) is 11.8 Å². The largest absolute Gasteiger partial charge is 0.477 e. The van der Waals surface area contributed by atoms with E-state index in [9.17, 15) is 4.79 Å². The van der Waals surface area contributed by atoms with Crippen molar-refractivity contribution < 1.29 is 9.90 Å². The molecule has 1 heterocycles. The van der Waals surface area contributed by atoms with E-state index in [2.05, 4.69) is 58.9 Å². The summed E-state index contributed by atoms with van der Waals surface area (Å²) in [5.41, 5.74) is 3.99. The lowest BCUT2D eigenvalue weighted by molar-refractivity contribution is 0.0690. The highest BCUT2D eigenvalue weighted by molar-refractivity contribution is 5.86. The van der Waals surface area contributed by atoms with Gasteiger partial charge in [0.1, 0.15) is 5.69 Å². The van der Waals surface area contributed by atoms with Gasteiger partial charge in [-0.3, -0.25) is 0 Å². The molecule has 2 fully saturated rings. The molecule has 0 bridgehead atoms. The van der Waals surface area contributed by atoms with Crippen LogP contribution in [0.1, 0.15) is 54.2 Å². The number of benzene rings is 1. The number of carboxylic acids is 1. The zero-order valence-electron chi connectivity index (χ0n) is 18.4. The minimum absolute atomic E-state index is 0. The third-order valence-electron chi connectivity index (χ3n) is 6.37. The maximum absolute atomic E-state index is 10.9. The van der Waals surface area contributed by atoms with Crippen molar-refractivity contribution >= 4 is 36.9 Å². The fraction of sp³-hybridized carbons (Fsp3) is 0.440. The molecule has 0 unspecified atom stereocenters. The van der Waals surface area contributed by atoms with Gasteiger partial charge in [-0.2, -0.15) is 0 Å². The summed E-state index contributed by atoms with van der Waals surface area (Å²) in [6, 6.07) is 15.2. The molecule has 7 heteroatoms. The molecule has 4 rings (SSSR count). The first-order valence-corrected chi connectivity index (χ1v) is 11.0. The first-order chi connectivity index (χ1) is 14.6. The topological polar surface area (TPSA) is 74.2 Å². The van der Waals surface area contributed by atoms with Gasteiger partial charge in [-0.1, -0.05) is 55.0 Å². The molecule has 0 aliphatic heterocycles. The molecule has 0 amide bonds. The maximum atomic E-state index is 10.9. The maximum Gasteiger partial charge on any atom is 0.354 e. The Hall–Kier alpha value is -1.92. The molecule has 2 aliphatic carbocycles. The molecule has 1 aromatic heterocycles. The quantitative estimate of drug-likeness (QED) is 0.450. The standard InChI is InChI=1S/C25H31N3O2.2ClH/c1-2-20(10-17-6-4-3-5-7-17)22-13-24(22)28-16-19-11-21(12-19)26-14-18-8-9-23(25(29)30)27-15-18;;/h3-10,15,19,21-22,24,26,28H,2,11-14,16H2,1H3,(H,29,30);2*1H/b20-10+;;/t19-,21-,22-,24+;;/m0../s1. The molecule has 0 radical (unpaired) electrons. The summed E-state index contributed by atoms with van der Waals surface area (Å²) >= 11 is 0. The average molecular weight is 478 g/mol. The lowest BCUT2D eigenvalue weighted by Gasteiger charge is -2.36. The zero-order chi connectivity index (χ0) is 20.9. The molecule has 1 aromatic carbocycles. The van der Waals surface area contributed by atoms with Gasteiger partial charge in [-0.05, 0) is 61.3 Å². The molecule has 174 valence electrons. The highest BCUT2D eigenvalue weighted by Crippen LogP contribution is 2.40. The van der Waals surface area contributed by atoms with Gasteiger partial charge in [0.25, 0.3) is 0 Å². The van der Waals surface area contributed by atoms with Crippen LogP contribution < -0.4 is 10.6 Å². The average Bonchev–Trinajstić information content (AvgIpc) is 3.51. The summed E-state index contributed by atoms with van der Waals surface area (Å²) in [6.07, 6.45) is 8.80. The van der Waals surface area contributed by atoms with E-state index in [1.807, 2.05) is 6.07 Å². The molecule has 0 saturated heterocycles. The Kier molecular flexibility index (Phi) is 10.2. The van der Waals surface area contributed by atoms with Crippen LogP contribution in [0.25, 0.3) is 6.08 Å². The number of pyridine rings is 1. The Morgan fingerprint density at radius 1 is 1.09 bits per heavy atom. The minimum atomic E-state index is -0.983. The summed E-state index contributed by atoms with van der Waals surface area (Å²) in [5.74, 6) is 0.466. The Balaban J connectivity index is 0.00000181. The van der Waals surface area contributed by atoms with Gasteiger partial charge >= 0.3 is 5.97 Å². The van der Waals surface area contributed by atoms with Crippen LogP contribution in [-0.2, 0) is 6.54 Å². The van der Waals surface area contributed by atoms with E-state index >= 15 is 0 Å². The highest BCUT2D eigenvalue weighted by Gasteiger charge is 2.39. The van der Waals surface area contributed by atoms with Gasteiger partial charge in [0.15, 0.2) is 0 Å². The van der Waals surface area contributed by atoms with Crippen molar-refractivity contribution in [1.29, 1.82) is 0 Å². The Labute approximate surface area is 202 Å². The number of nitrogens with zero attached hydrogens (tertiary/aromatic N) is 1. The first-order valence-electron chi connectivity index (χ1n) is 11.0. The summed E-state index contributed by atoms with van der Waals surface area (Å²) < 4.78 is 0. The second-order valence-electron chi connectivity index (χ2n) is 8.61. The molecule has 3 N–H and O–H groups in total. The van der Waals surface area contributed by atoms with Crippen molar-refractivity contribution in [3.05, 3.63) is 71.1 Å². The molecular weight excluding hydrogens is 445 g/mol. The third-order valence-corrected chi connectivity index (χ3v) is 6.37. The van der Waals surface area contributed by atoms with Crippen molar-refractivity contribution in [2.45, 2.75) is 51.2 Å². The van der Waals surface area contributed by atoms with Gasteiger partial charge in [0.2, 0.25) is 0 Å². The van der Waals surface area contributed by atoms with Crippen LogP contribution in [-0.4, -0.2) is 34.7 Å². The Morgan fingerprint density at radius 3 is 2.47 bits per heavy atom. The molecular formula is C25H33Cl2N3O2. The number of nitrogens with one attached hydrogen (secondary N) is 2. The number of carboxylic acid groups (broad SMARTS) is 1. The molecule has 2 saturated carbocycles. The van der Waals surface area contributed by atoms with Crippen LogP contribution in [0.15, 0.2) is 54.2 Å². The van der Waals surface area contributed by atoms with Crippen LogP contribution in [0, 0.1) is 11.8 Å². The minimum Gasteiger partial charge on any atom is -0.477 e. The molecule has 0 spiro atoms. The lowest BCUT2D eigenvalue weighted by Crippen LogP contribution is -2.44. The van der Waals surface area contributed by atoms with Crippen LogP contribution in [0.5, 0.6) is 0 Å². The first kappa shape index (κ1) is 26.3. The van der Waals surface area contributed by atoms with Crippen molar-refractivity contribution in [1.82, 2.24) is 15.6 Å². The van der Waals surface area contributed by atoms with Gasteiger partial charge in [-0.25, -0.2) is 9.78 Å². The second kappa shape index (κ2) is 12.4. The number of hydrogen-bond acceptors (Lipinski definition) is 4. The number of aromatic nitrogens is 1. The number of carbonyl (C=O) groups is 1. The van der Waals surface area contributed by atoms with Crippen molar-refractivity contribution in [2.75, 3.05) is 6.54 Å². The van der Waals surface area contributed by atoms with Crippen molar-refractivity contribution in [3.63, 3.8) is 0 Å². The van der Waals surface area contributed by atoms with E-state index < -0.39 is 5.97 Å². The molecule has 32 heavy (non-hydrogen) atoms. The van der Waals surface area contributed by atoms with Crippen LogP contribution in [0.4, 0.5) is 0 Å². The molecule has 5 nitrogen and oxygen atoms in total. The molecule has 2 aliphatic rings. The Morgan fingerprint density at radius 2 is 1.84 bits per heavy atom. The number of aromatic carboxylic acids is 1. The SMILES string of the molecule is CC/C(=C\c1ccccc1)[C@@H]1C[C@H]1NC[C@H]1C[C@H](NCc2ccc(C(=O)O)nc2)C1.Cl.Cl. The summed E-state index contributed by atoms with van der Waals surface area (Å²) in [7, 11) is 0. The second-order valence-corrected chi connectivity index (χ2v) is 8.61. The van der Waals surface area contributed by atoms with E-state index in [0.29, 0.717) is 18.0 Å². The van der Waals surface area contributed by atoms with Gasteiger partial charge in [0, 0.05) is 24.8 Å². The van der Waals surface area contributed by atoms with Gasteiger partial charge in [0.05, 0.1) is 0 Å². The molecule has 2 atom stereocenters. The summed E-state index contributed by atoms with van der Waals surface area (Å²) in [4.78, 5) is 14.8. The van der Waals surface area contributed by atoms with Crippen LogP contribution in [0.2, 0.25) is 0 Å². The number of hydrogen-bond donors (Lipinski definition) is 3. The fourth-order valence-corrected chi connectivity index (χ4v) is 4.37. The predicted octanol–water partition coefficient (Wildman–Crippen LogP) is 4.96. The monoisotopic (exact) mass is 477 g/mol. The lowest BCUT2D eigenvalue weighted by atomic mass is 9.80. The summed E-state index contributed by atoms with van der Waals surface area (Å²) in [6.45, 7) is 4.11. The number of rotatable bonds is 10. The summed E-state index contributed by atoms with van der Waals surface area (Å²) in [5, 5.41) is 16.2. The van der Waals surface area contributed by atoms with E-state index in [1.54, 1.807) is 17.8 Å². The van der Waals surface area contributed by atoms with Crippen LogP contribution in [0.3, 0.4) is 0 Å². The van der Waals surface area contributed by atoms with E-state index in [4.69, 9.17) is 5.11 Å². The van der Waals surface area contributed by atoms with Crippen LogP contribution >= 0.6 is 24.8 Å². The van der Waals surface area contributed by atoms with Crippen molar-refractivity contribution in [3.8, 4) is 0 Å². The van der Waals surface area contributed by atoms with E-state index in [1.165, 1.54) is 24.8 Å². The zero-order valence-corrected chi connectivity index (χ0v) is 20.0. The van der Waals surface area contributed by atoms with Gasteiger partial charge in [-0.15, -0.1) is 24.8 Å². The fourth-order valence-electron chi connectivity index (χ4n) is 4.37. The van der Waals surface area contributed by atoms with E-state index in [-0.39, 0.29) is 30.5 Å².